The molecule has 0 aromatic heterocycles. The van der Waals surface area contributed by atoms with Crippen molar-refractivity contribution in [3.05, 3.63) is 64.2 Å². The summed E-state index contributed by atoms with van der Waals surface area (Å²) in [6.07, 6.45) is -3.79. The van der Waals surface area contributed by atoms with Crippen molar-refractivity contribution in [3.63, 3.8) is 0 Å². The molecule has 2 aromatic rings. The van der Waals surface area contributed by atoms with Crippen molar-refractivity contribution in [2.24, 2.45) is 0 Å². The molecule has 2 nitrogen and oxygen atoms in total. The van der Waals surface area contributed by atoms with Crippen LogP contribution in [0, 0.1) is 0 Å². The van der Waals surface area contributed by atoms with Crippen LogP contribution in [0.2, 0.25) is 5.02 Å². The Bertz CT molecular complexity index is 654. The second-order valence-corrected chi connectivity index (χ2v) is 4.70. The smallest absolute Gasteiger partial charge is 0.417 e. The minimum atomic E-state index is -4.49. The van der Waals surface area contributed by atoms with Crippen LogP contribution in [0.4, 0.5) is 13.2 Å². The maximum absolute atomic E-state index is 12.6. The standard InChI is InChI=1S/C15H10ClF3O2/c16-14-7-12(4-5-13(14)15(17,18)19)21-9-11-3-1-2-10(6-11)8-20/h1-8H,9H2. The van der Waals surface area contributed by atoms with Gasteiger partial charge in [0.15, 0.2) is 0 Å². The fourth-order valence-electron chi connectivity index (χ4n) is 1.74. The molecule has 2 rings (SSSR count). The summed E-state index contributed by atoms with van der Waals surface area (Å²) in [7, 11) is 0. The first kappa shape index (κ1) is 15.4. The van der Waals surface area contributed by atoms with Gasteiger partial charge in [-0.25, -0.2) is 0 Å². The van der Waals surface area contributed by atoms with Gasteiger partial charge in [0, 0.05) is 5.56 Å². The van der Waals surface area contributed by atoms with E-state index in [9.17, 15) is 18.0 Å². The van der Waals surface area contributed by atoms with E-state index in [2.05, 4.69) is 0 Å². The molecule has 6 heteroatoms. The van der Waals surface area contributed by atoms with Crippen LogP contribution in [0.3, 0.4) is 0 Å². The Balaban J connectivity index is 2.10. The zero-order valence-corrected chi connectivity index (χ0v) is 11.4. The van der Waals surface area contributed by atoms with Crippen molar-refractivity contribution in [1.82, 2.24) is 0 Å². The Kier molecular flexibility index (Phi) is 4.53. The predicted molar refractivity (Wildman–Crippen MR) is 72.6 cm³/mol. The third-order valence-corrected chi connectivity index (χ3v) is 3.05. The molecule has 0 unspecified atom stereocenters. The highest BCUT2D eigenvalue weighted by molar-refractivity contribution is 6.31. The molecule has 0 saturated heterocycles. The number of carbonyl (C=O) groups is 1. The predicted octanol–water partition coefficient (Wildman–Crippen LogP) is 4.75. The SMILES string of the molecule is O=Cc1cccc(COc2ccc(C(F)(F)F)c(Cl)c2)c1. The maximum Gasteiger partial charge on any atom is 0.417 e. The number of alkyl halides is 3. The summed E-state index contributed by atoms with van der Waals surface area (Å²) < 4.78 is 43.0. The molecule has 0 amide bonds. The van der Waals surface area contributed by atoms with Crippen LogP contribution >= 0.6 is 11.6 Å². The number of hydrogen-bond acceptors (Lipinski definition) is 2. The van der Waals surface area contributed by atoms with Gasteiger partial charge >= 0.3 is 6.18 Å². The van der Waals surface area contributed by atoms with Crippen LogP contribution in [-0.4, -0.2) is 6.29 Å². The summed E-state index contributed by atoms with van der Waals surface area (Å²) in [5, 5.41) is -0.415. The molecular weight excluding hydrogens is 305 g/mol. The van der Waals surface area contributed by atoms with E-state index >= 15 is 0 Å². The molecule has 0 spiro atoms. The van der Waals surface area contributed by atoms with Crippen LogP contribution in [0.25, 0.3) is 0 Å². The van der Waals surface area contributed by atoms with E-state index in [1.165, 1.54) is 6.07 Å². The van der Waals surface area contributed by atoms with Crippen molar-refractivity contribution in [3.8, 4) is 5.75 Å². The fourth-order valence-corrected chi connectivity index (χ4v) is 2.02. The molecule has 0 heterocycles. The maximum atomic E-state index is 12.6. The summed E-state index contributed by atoms with van der Waals surface area (Å²) in [5.74, 6) is 0.226. The summed E-state index contributed by atoms with van der Waals surface area (Å²) in [6, 6.07) is 9.93. The number of hydrogen-bond donors (Lipinski definition) is 0. The molecule has 2 aromatic carbocycles. The lowest BCUT2D eigenvalue weighted by Gasteiger charge is -2.11. The second-order valence-electron chi connectivity index (χ2n) is 4.29. The summed E-state index contributed by atoms with van der Waals surface area (Å²) in [5.41, 5.74) is 0.330. The Hall–Kier alpha value is -2.01. The summed E-state index contributed by atoms with van der Waals surface area (Å²) in [6.45, 7) is 0.128. The van der Waals surface area contributed by atoms with E-state index in [4.69, 9.17) is 16.3 Å². The molecule has 0 fully saturated rings. The number of halogens is 4. The lowest BCUT2D eigenvalue weighted by molar-refractivity contribution is -0.137. The van der Waals surface area contributed by atoms with Crippen LogP contribution < -0.4 is 4.74 Å². The van der Waals surface area contributed by atoms with E-state index in [1.807, 2.05) is 0 Å². The van der Waals surface area contributed by atoms with Crippen LogP contribution in [-0.2, 0) is 12.8 Å². The van der Waals surface area contributed by atoms with Gasteiger partial charge < -0.3 is 4.74 Å². The lowest BCUT2D eigenvalue weighted by Crippen LogP contribution is -2.06. The highest BCUT2D eigenvalue weighted by atomic mass is 35.5. The minimum absolute atomic E-state index is 0.128. The summed E-state index contributed by atoms with van der Waals surface area (Å²) >= 11 is 5.60. The first-order valence-electron chi connectivity index (χ1n) is 5.94. The van der Waals surface area contributed by atoms with Crippen molar-refractivity contribution in [1.29, 1.82) is 0 Å². The van der Waals surface area contributed by atoms with E-state index in [1.54, 1.807) is 24.3 Å². The first-order valence-corrected chi connectivity index (χ1v) is 6.31. The number of aldehydes is 1. The van der Waals surface area contributed by atoms with E-state index in [-0.39, 0.29) is 12.4 Å². The van der Waals surface area contributed by atoms with Crippen molar-refractivity contribution >= 4 is 17.9 Å². The highest BCUT2D eigenvalue weighted by Crippen LogP contribution is 2.36. The molecule has 0 saturated carbocycles. The third-order valence-electron chi connectivity index (χ3n) is 2.74. The lowest BCUT2D eigenvalue weighted by atomic mass is 10.1. The molecule has 0 aliphatic rings. The molecule has 0 radical (unpaired) electrons. The number of rotatable bonds is 4. The van der Waals surface area contributed by atoms with E-state index in [0.29, 0.717) is 11.8 Å². The van der Waals surface area contributed by atoms with Gasteiger partial charge in [0.1, 0.15) is 18.6 Å². The molecule has 21 heavy (non-hydrogen) atoms. The van der Waals surface area contributed by atoms with E-state index in [0.717, 1.165) is 17.7 Å². The van der Waals surface area contributed by atoms with Crippen LogP contribution in [0.1, 0.15) is 21.5 Å². The molecule has 0 aliphatic carbocycles. The van der Waals surface area contributed by atoms with Gasteiger partial charge in [-0.1, -0.05) is 29.8 Å². The van der Waals surface area contributed by atoms with Crippen LogP contribution in [0.5, 0.6) is 5.75 Å². The average molecular weight is 315 g/mol. The Morgan fingerprint density at radius 3 is 2.52 bits per heavy atom. The highest BCUT2D eigenvalue weighted by Gasteiger charge is 2.33. The van der Waals surface area contributed by atoms with Gasteiger partial charge in [0.2, 0.25) is 0 Å². The molecule has 0 atom stereocenters. The minimum Gasteiger partial charge on any atom is -0.489 e. The number of ether oxygens (including phenoxy) is 1. The monoisotopic (exact) mass is 314 g/mol. The van der Waals surface area contributed by atoms with Crippen molar-refractivity contribution < 1.29 is 22.7 Å². The van der Waals surface area contributed by atoms with Crippen LogP contribution in [0.15, 0.2) is 42.5 Å². The quantitative estimate of drug-likeness (QED) is 0.761. The van der Waals surface area contributed by atoms with Crippen molar-refractivity contribution in [2.75, 3.05) is 0 Å². The summed E-state index contributed by atoms with van der Waals surface area (Å²) in [4.78, 5) is 10.6. The Labute approximate surface area is 124 Å². The van der Waals surface area contributed by atoms with Gasteiger partial charge in [-0.05, 0) is 29.8 Å². The van der Waals surface area contributed by atoms with E-state index < -0.39 is 16.8 Å². The molecule has 0 bridgehead atoms. The Morgan fingerprint density at radius 1 is 1.14 bits per heavy atom. The second kappa shape index (κ2) is 6.18. The average Bonchev–Trinajstić information content (AvgIpc) is 2.44. The zero-order valence-electron chi connectivity index (χ0n) is 10.7. The molecule has 0 aliphatic heterocycles. The molecular formula is C15H10ClF3O2. The van der Waals surface area contributed by atoms with Crippen molar-refractivity contribution in [2.45, 2.75) is 12.8 Å². The number of benzene rings is 2. The molecule has 0 N–H and O–H groups in total. The topological polar surface area (TPSA) is 26.3 Å². The van der Waals surface area contributed by atoms with Gasteiger partial charge in [-0.15, -0.1) is 0 Å². The zero-order chi connectivity index (χ0) is 15.5. The largest absolute Gasteiger partial charge is 0.489 e. The third kappa shape index (κ3) is 3.98. The van der Waals surface area contributed by atoms with Gasteiger partial charge in [0.25, 0.3) is 0 Å². The van der Waals surface area contributed by atoms with Gasteiger partial charge in [-0.3, -0.25) is 4.79 Å². The fraction of sp³-hybridized carbons (Fsp3) is 0.133. The molecule has 110 valence electrons. The van der Waals surface area contributed by atoms with Gasteiger partial charge in [0.05, 0.1) is 10.6 Å². The Morgan fingerprint density at radius 2 is 1.90 bits per heavy atom. The number of carbonyl (C=O) groups excluding carboxylic acids is 1. The normalized spacial score (nSPS) is 11.2. The first-order chi connectivity index (χ1) is 9.90. The van der Waals surface area contributed by atoms with Gasteiger partial charge in [-0.2, -0.15) is 13.2 Å².